The van der Waals surface area contributed by atoms with Crippen LogP contribution in [0.3, 0.4) is 0 Å². The molecule has 0 spiro atoms. The second-order valence-electron chi connectivity index (χ2n) is 1.71. The molecule has 0 aromatic carbocycles. The van der Waals surface area contributed by atoms with E-state index in [1.807, 2.05) is 0 Å². The third-order valence-electron chi connectivity index (χ3n) is 1.03. The van der Waals surface area contributed by atoms with Crippen molar-refractivity contribution in [2.24, 2.45) is 0 Å². The molecule has 0 unspecified atom stereocenters. The van der Waals surface area contributed by atoms with Crippen LogP contribution in [0.1, 0.15) is 0 Å². The van der Waals surface area contributed by atoms with Crippen LogP contribution in [0.15, 0.2) is 0 Å². The minimum atomic E-state index is -5.39. The summed E-state index contributed by atoms with van der Waals surface area (Å²) in [5.74, 6) is 0. The van der Waals surface area contributed by atoms with Gasteiger partial charge in [-0.3, -0.25) is 0 Å². The van der Waals surface area contributed by atoms with Crippen LogP contribution in [-0.4, -0.2) is 23.8 Å². The van der Waals surface area contributed by atoms with Gasteiger partial charge >= 0.3 is 62.1 Å². The standard InChI is InChI=1S/5CHO.Re/c5*1-2;/h5*1H;. The first kappa shape index (κ1) is 10.0. The molecule has 0 rings (SSSR count). The predicted octanol–water partition coefficient (Wildman–Crippen LogP) is -1.37. The molecule has 0 fully saturated rings. The van der Waals surface area contributed by atoms with Crippen molar-refractivity contribution in [1.29, 1.82) is 0 Å². The van der Waals surface area contributed by atoms with Gasteiger partial charge in [0.2, 0.25) is 0 Å². The van der Waals surface area contributed by atoms with Crippen LogP contribution in [-0.2, 0) is 38.3 Å². The Hall–Kier alpha value is -0.988. The molecule has 0 aliphatic rings. The molecule has 11 heavy (non-hydrogen) atoms. The van der Waals surface area contributed by atoms with Gasteiger partial charge in [-0.05, 0) is 0 Å². The second kappa shape index (κ2) is 2.95. The molecule has 0 N–H and O–H groups in total. The van der Waals surface area contributed by atoms with Gasteiger partial charge in [0, 0.05) is 0 Å². The zero-order valence-corrected chi connectivity index (χ0v) is 8.02. The molecular weight excluding hydrogens is 326 g/mol. The van der Waals surface area contributed by atoms with Gasteiger partial charge in [0.15, 0.2) is 0 Å². The third kappa shape index (κ3) is 1.23. The van der Waals surface area contributed by atoms with Gasteiger partial charge in [-0.15, -0.1) is 0 Å². The first-order chi connectivity index (χ1) is 5.12. The molecule has 0 heterocycles. The third-order valence-corrected chi connectivity index (χ3v) is 8.42. The van der Waals surface area contributed by atoms with E-state index in [4.69, 9.17) is 0 Å². The van der Waals surface area contributed by atoms with Gasteiger partial charge < -0.3 is 0 Å². The Balaban J connectivity index is 5.51. The van der Waals surface area contributed by atoms with Crippen molar-refractivity contribution in [3.8, 4) is 0 Å². The SMILES string of the molecule is O=[CH][Re]([CH]=O)([CH]=O)([CH]=O)[CH]=O. The van der Waals surface area contributed by atoms with Crippen LogP contribution in [0.5, 0.6) is 0 Å². The molecule has 0 saturated carbocycles. The molecule has 0 saturated heterocycles. The van der Waals surface area contributed by atoms with Crippen LogP contribution >= 0.6 is 0 Å². The van der Waals surface area contributed by atoms with Crippen molar-refractivity contribution in [2.45, 2.75) is 0 Å². The zero-order chi connectivity index (χ0) is 8.98. The van der Waals surface area contributed by atoms with E-state index in [-0.39, 0.29) is 23.8 Å². The van der Waals surface area contributed by atoms with Crippen molar-refractivity contribution < 1.29 is 38.3 Å². The molecule has 0 aliphatic carbocycles. The predicted molar refractivity (Wildman–Crippen MR) is 33.8 cm³/mol. The molecule has 0 aliphatic heterocycles. The average Bonchev–Trinajstić information content (AvgIpc) is 2.12. The van der Waals surface area contributed by atoms with Crippen LogP contribution in [0, 0.1) is 0 Å². The van der Waals surface area contributed by atoms with E-state index in [1.165, 1.54) is 0 Å². The van der Waals surface area contributed by atoms with E-state index in [9.17, 15) is 24.0 Å². The van der Waals surface area contributed by atoms with E-state index in [0.29, 0.717) is 0 Å². The van der Waals surface area contributed by atoms with E-state index >= 15 is 0 Å². The van der Waals surface area contributed by atoms with Crippen molar-refractivity contribution in [1.82, 2.24) is 0 Å². The Bertz CT molecular complexity index is 169. The number of rotatable bonds is 5. The molecule has 0 aromatic rings. The van der Waals surface area contributed by atoms with Crippen LogP contribution < -0.4 is 0 Å². The Morgan fingerprint density at radius 3 is 0.727 bits per heavy atom. The van der Waals surface area contributed by atoms with E-state index in [1.54, 1.807) is 0 Å². The normalized spacial score (nSPS) is 13.6. The Morgan fingerprint density at radius 2 is 0.727 bits per heavy atom. The minimum absolute atomic E-state index is 0.0889. The number of hydrogen-bond acceptors (Lipinski definition) is 5. The molecule has 0 atom stereocenters. The van der Waals surface area contributed by atoms with Gasteiger partial charge in [-0.1, -0.05) is 0 Å². The Labute approximate surface area is 62.6 Å². The summed E-state index contributed by atoms with van der Waals surface area (Å²) in [5.41, 5.74) is 0. The second-order valence-corrected chi connectivity index (χ2v) is 14.0. The van der Waals surface area contributed by atoms with Crippen molar-refractivity contribution in [3.63, 3.8) is 0 Å². The first-order valence-electron chi connectivity index (χ1n) is 2.27. The summed E-state index contributed by atoms with van der Waals surface area (Å²) in [4.78, 5) is 51.2. The van der Waals surface area contributed by atoms with Gasteiger partial charge in [-0.2, -0.15) is 0 Å². The fourth-order valence-electron chi connectivity index (χ4n) is 0.210. The first-order valence-corrected chi connectivity index (χ1v) is 10.1. The van der Waals surface area contributed by atoms with Gasteiger partial charge in [0.05, 0.1) is 0 Å². The van der Waals surface area contributed by atoms with Gasteiger partial charge in [-0.25, -0.2) is 0 Å². The molecule has 0 radical (unpaired) electrons. The summed E-state index contributed by atoms with van der Waals surface area (Å²) in [6.45, 7) is 0. The summed E-state index contributed by atoms with van der Waals surface area (Å²) < 4.78 is -0.444. The van der Waals surface area contributed by atoms with Crippen LogP contribution in [0.25, 0.3) is 0 Å². The number of carbonyl (C=O) groups excluding carboxylic acids is 5. The van der Waals surface area contributed by atoms with Crippen LogP contribution in [0.4, 0.5) is 0 Å². The summed E-state index contributed by atoms with van der Waals surface area (Å²) >= 11 is -5.39. The topological polar surface area (TPSA) is 85.3 Å². The quantitative estimate of drug-likeness (QED) is 0.580. The van der Waals surface area contributed by atoms with Crippen molar-refractivity contribution >= 4 is 23.8 Å². The van der Waals surface area contributed by atoms with Crippen molar-refractivity contribution in [2.75, 3.05) is 0 Å². The Kier molecular flexibility index (Phi) is 2.68. The fraction of sp³-hybridized carbons (Fsp3) is 0. The molecule has 0 aromatic heterocycles. The summed E-state index contributed by atoms with van der Waals surface area (Å²) in [7, 11) is 0. The monoisotopic (exact) mass is 332 g/mol. The molecular formula is C5H5O5Re. The number of carbonyl (C=O) groups is 5. The number of hydrogen-bond donors (Lipinski definition) is 0. The molecule has 0 bridgehead atoms. The molecule has 62 valence electrons. The summed E-state index contributed by atoms with van der Waals surface area (Å²) in [5, 5.41) is 0. The summed E-state index contributed by atoms with van der Waals surface area (Å²) in [6, 6.07) is 0. The van der Waals surface area contributed by atoms with E-state index < -0.39 is 14.3 Å². The maximum absolute atomic E-state index is 10.2. The average molecular weight is 331 g/mol. The Morgan fingerprint density at radius 1 is 0.545 bits per heavy atom. The molecule has 6 heteroatoms. The molecule has 0 amide bonds. The summed E-state index contributed by atoms with van der Waals surface area (Å²) in [6.07, 6.45) is 0. The maximum atomic E-state index is 10.2. The van der Waals surface area contributed by atoms with E-state index in [2.05, 4.69) is 0 Å². The van der Waals surface area contributed by atoms with Crippen LogP contribution in [0.2, 0.25) is 0 Å². The fourth-order valence-corrected chi connectivity index (χ4v) is 1.72. The van der Waals surface area contributed by atoms with E-state index in [0.717, 1.165) is 0 Å². The zero-order valence-electron chi connectivity index (χ0n) is 5.31. The van der Waals surface area contributed by atoms with Crippen molar-refractivity contribution in [3.05, 3.63) is 0 Å². The van der Waals surface area contributed by atoms with Gasteiger partial charge in [0.25, 0.3) is 0 Å². The molecule has 5 nitrogen and oxygen atoms in total. The van der Waals surface area contributed by atoms with Gasteiger partial charge in [0.1, 0.15) is 0 Å².